The van der Waals surface area contributed by atoms with Gasteiger partial charge in [0.2, 0.25) is 0 Å². The van der Waals surface area contributed by atoms with Gasteiger partial charge < -0.3 is 14.5 Å². The highest BCUT2D eigenvalue weighted by Gasteiger charge is 2.15. The quantitative estimate of drug-likeness (QED) is 0.658. The highest BCUT2D eigenvalue weighted by molar-refractivity contribution is 5.81. The minimum absolute atomic E-state index is 0.246. The van der Waals surface area contributed by atoms with Crippen LogP contribution in [0.1, 0.15) is 30.7 Å². The van der Waals surface area contributed by atoms with Crippen molar-refractivity contribution >= 4 is 22.8 Å². The first-order valence-electron chi connectivity index (χ1n) is 8.59. The highest BCUT2D eigenvalue weighted by Crippen LogP contribution is 2.23. The Bertz CT molecular complexity index is 852. The number of esters is 1. The van der Waals surface area contributed by atoms with Gasteiger partial charge in [0.25, 0.3) is 5.91 Å². The van der Waals surface area contributed by atoms with Crippen LogP contribution in [0.4, 0.5) is 0 Å². The molecule has 0 saturated carbocycles. The van der Waals surface area contributed by atoms with E-state index in [9.17, 15) is 9.59 Å². The zero-order valence-corrected chi connectivity index (χ0v) is 14.6. The van der Waals surface area contributed by atoms with Crippen LogP contribution < -0.4 is 5.32 Å². The van der Waals surface area contributed by atoms with Crippen LogP contribution in [0.15, 0.2) is 65.1 Å². The molecule has 0 spiro atoms. The second-order valence-corrected chi connectivity index (χ2v) is 6.12. The Morgan fingerprint density at radius 2 is 1.81 bits per heavy atom. The van der Waals surface area contributed by atoms with Gasteiger partial charge in [-0.25, -0.2) is 0 Å². The summed E-state index contributed by atoms with van der Waals surface area (Å²) in [5, 5.41) is 3.76. The molecular weight excluding hydrogens is 330 g/mol. The molecule has 1 amide bonds. The van der Waals surface area contributed by atoms with Gasteiger partial charge in [0.05, 0.1) is 6.04 Å². The molecule has 3 rings (SSSR count). The van der Waals surface area contributed by atoms with Crippen molar-refractivity contribution in [1.82, 2.24) is 5.32 Å². The molecule has 1 aromatic heterocycles. The molecule has 5 heteroatoms. The first-order chi connectivity index (χ1) is 12.6. The zero-order valence-electron chi connectivity index (χ0n) is 14.6. The van der Waals surface area contributed by atoms with E-state index in [4.69, 9.17) is 9.15 Å². The highest BCUT2D eigenvalue weighted by atomic mass is 16.5. The van der Waals surface area contributed by atoms with Crippen molar-refractivity contribution in [1.29, 1.82) is 0 Å². The number of para-hydroxylation sites is 1. The smallest absolute Gasteiger partial charge is 0.306 e. The van der Waals surface area contributed by atoms with Crippen molar-refractivity contribution in [3.8, 4) is 0 Å². The van der Waals surface area contributed by atoms with Crippen molar-refractivity contribution < 1.29 is 18.7 Å². The molecule has 5 nitrogen and oxygen atoms in total. The minimum atomic E-state index is -0.389. The summed E-state index contributed by atoms with van der Waals surface area (Å²) in [6.45, 7) is 1.53. The Morgan fingerprint density at radius 3 is 2.58 bits per heavy atom. The third kappa shape index (κ3) is 4.72. The second kappa shape index (κ2) is 8.34. The standard InChI is InChI=1S/C21H21NO4/c1-15(19-13-17-9-5-6-10-18(17)26-19)22-20(23)14-25-21(24)12-11-16-7-3-2-4-8-16/h2-10,13,15H,11-12,14H2,1H3,(H,22,23)/t15-/m0/s1. The molecule has 0 radical (unpaired) electrons. The van der Waals surface area contributed by atoms with Gasteiger partial charge in [0.15, 0.2) is 6.61 Å². The number of carbonyl (C=O) groups excluding carboxylic acids is 2. The normalized spacial score (nSPS) is 11.9. The van der Waals surface area contributed by atoms with Gasteiger partial charge in [-0.3, -0.25) is 9.59 Å². The van der Waals surface area contributed by atoms with E-state index in [-0.39, 0.29) is 30.9 Å². The van der Waals surface area contributed by atoms with Crippen LogP contribution in [0.2, 0.25) is 0 Å². The SMILES string of the molecule is C[C@H](NC(=O)COC(=O)CCc1ccccc1)c1cc2ccccc2o1. The van der Waals surface area contributed by atoms with Crippen molar-refractivity contribution in [3.63, 3.8) is 0 Å². The maximum atomic E-state index is 12.0. The Kier molecular flexibility index (Phi) is 5.69. The molecule has 1 atom stereocenters. The van der Waals surface area contributed by atoms with Crippen LogP contribution in [0.5, 0.6) is 0 Å². The predicted octanol–water partition coefficient (Wildman–Crippen LogP) is 3.79. The van der Waals surface area contributed by atoms with E-state index in [1.165, 1.54) is 0 Å². The lowest BCUT2D eigenvalue weighted by Gasteiger charge is -2.11. The lowest BCUT2D eigenvalue weighted by molar-refractivity contribution is -0.148. The average Bonchev–Trinajstić information content (AvgIpc) is 3.10. The molecular formula is C21H21NO4. The lowest BCUT2D eigenvalue weighted by Crippen LogP contribution is -2.31. The summed E-state index contributed by atoms with van der Waals surface area (Å²) in [6.07, 6.45) is 0.840. The van der Waals surface area contributed by atoms with Crippen LogP contribution >= 0.6 is 0 Å². The van der Waals surface area contributed by atoms with Gasteiger partial charge in [-0.05, 0) is 31.0 Å². The molecule has 2 aromatic carbocycles. The molecule has 0 saturated heterocycles. The van der Waals surface area contributed by atoms with E-state index in [0.29, 0.717) is 12.2 Å². The number of benzene rings is 2. The molecule has 134 valence electrons. The summed E-state index contributed by atoms with van der Waals surface area (Å²) in [7, 11) is 0. The average molecular weight is 351 g/mol. The summed E-state index contributed by atoms with van der Waals surface area (Å²) in [4.78, 5) is 23.8. The summed E-state index contributed by atoms with van der Waals surface area (Å²) >= 11 is 0. The summed E-state index contributed by atoms with van der Waals surface area (Å²) in [6, 6.07) is 18.9. The molecule has 0 unspecified atom stereocenters. The molecule has 0 aliphatic carbocycles. The Morgan fingerprint density at radius 1 is 1.08 bits per heavy atom. The van der Waals surface area contributed by atoms with E-state index < -0.39 is 0 Å². The van der Waals surface area contributed by atoms with E-state index in [2.05, 4.69) is 5.32 Å². The number of hydrogen-bond donors (Lipinski definition) is 1. The topological polar surface area (TPSA) is 68.5 Å². The minimum Gasteiger partial charge on any atom is -0.459 e. The fourth-order valence-corrected chi connectivity index (χ4v) is 2.68. The summed E-state index contributed by atoms with van der Waals surface area (Å²) in [5.41, 5.74) is 1.84. The molecule has 0 aliphatic rings. The van der Waals surface area contributed by atoms with Gasteiger partial charge in [-0.1, -0.05) is 48.5 Å². The third-order valence-electron chi connectivity index (χ3n) is 4.07. The van der Waals surface area contributed by atoms with Gasteiger partial charge in [0.1, 0.15) is 11.3 Å². The fourth-order valence-electron chi connectivity index (χ4n) is 2.68. The number of amides is 1. The van der Waals surface area contributed by atoms with Crippen LogP contribution in [-0.4, -0.2) is 18.5 Å². The van der Waals surface area contributed by atoms with E-state index in [1.807, 2.05) is 67.6 Å². The van der Waals surface area contributed by atoms with Crippen LogP contribution in [-0.2, 0) is 20.7 Å². The summed E-state index contributed by atoms with van der Waals surface area (Å²) < 4.78 is 10.8. The number of aryl methyl sites for hydroxylation is 1. The molecule has 26 heavy (non-hydrogen) atoms. The van der Waals surface area contributed by atoms with Crippen molar-refractivity contribution in [2.24, 2.45) is 0 Å². The van der Waals surface area contributed by atoms with E-state index >= 15 is 0 Å². The maximum Gasteiger partial charge on any atom is 0.306 e. The Balaban J connectivity index is 1.43. The zero-order chi connectivity index (χ0) is 18.4. The molecule has 0 aliphatic heterocycles. The van der Waals surface area contributed by atoms with Crippen molar-refractivity contribution in [3.05, 3.63) is 72.0 Å². The van der Waals surface area contributed by atoms with Crippen LogP contribution in [0, 0.1) is 0 Å². The molecule has 1 N–H and O–H groups in total. The van der Waals surface area contributed by atoms with Gasteiger partial charge in [0, 0.05) is 11.8 Å². The number of carbonyl (C=O) groups is 2. The molecule has 1 heterocycles. The molecule has 0 bridgehead atoms. The fraction of sp³-hybridized carbons (Fsp3) is 0.238. The lowest BCUT2D eigenvalue weighted by atomic mass is 10.1. The van der Waals surface area contributed by atoms with Gasteiger partial charge in [-0.15, -0.1) is 0 Å². The first kappa shape index (κ1) is 17.7. The Hall–Kier alpha value is -3.08. The first-order valence-corrected chi connectivity index (χ1v) is 8.59. The van der Waals surface area contributed by atoms with Crippen LogP contribution in [0.3, 0.4) is 0 Å². The largest absolute Gasteiger partial charge is 0.459 e. The maximum absolute atomic E-state index is 12.0. The summed E-state index contributed by atoms with van der Waals surface area (Å²) in [5.74, 6) is -0.0821. The monoisotopic (exact) mass is 351 g/mol. The number of rotatable bonds is 7. The number of nitrogens with one attached hydrogen (secondary N) is 1. The molecule has 0 fully saturated rings. The third-order valence-corrected chi connectivity index (χ3v) is 4.07. The predicted molar refractivity (Wildman–Crippen MR) is 98.5 cm³/mol. The number of fused-ring (bicyclic) bond motifs is 1. The Labute approximate surface area is 152 Å². The van der Waals surface area contributed by atoms with E-state index in [1.54, 1.807) is 0 Å². The number of ether oxygens (including phenoxy) is 1. The number of furan rings is 1. The van der Waals surface area contributed by atoms with Crippen molar-refractivity contribution in [2.45, 2.75) is 25.8 Å². The van der Waals surface area contributed by atoms with Crippen molar-refractivity contribution in [2.75, 3.05) is 6.61 Å². The number of hydrogen-bond acceptors (Lipinski definition) is 4. The second-order valence-electron chi connectivity index (χ2n) is 6.12. The van der Waals surface area contributed by atoms with Gasteiger partial charge in [-0.2, -0.15) is 0 Å². The van der Waals surface area contributed by atoms with E-state index in [0.717, 1.165) is 16.5 Å². The van der Waals surface area contributed by atoms with Gasteiger partial charge >= 0.3 is 5.97 Å². The van der Waals surface area contributed by atoms with Crippen LogP contribution in [0.25, 0.3) is 11.0 Å². The molecule has 3 aromatic rings.